The van der Waals surface area contributed by atoms with Crippen LogP contribution in [0.3, 0.4) is 0 Å². The molecule has 0 aliphatic heterocycles. The first-order valence-corrected chi connectivity index (χ1v) is 4.43. The van der Waals surface area contributed by atoms with Crippen LogP contribution >= 0.6 is 11.3 Å². The van der Waals surface area contributed by atoms with Crippen LogP contribution in [0.4, 0.5) is 0 Å². The van der Waals surface area contributed by atoms with E-state index in [-0.39, 0.29) is 57.5 Å². The van der Waals surface area contributed by atoms with Crippen molar-refractivity contribution in [2.75, 3.05) is 0 Å². The van der Waals surface area contributed by atoms with Crippen molar-refractivity contribution in [1.29, 1.82) is 0 Å². The molecule has 0 aliphatic rings. The van der Waals surface area contributed by atoms with Crippen molar-refractivity contribution in [3.63, 3.8) is 0 Å². The van der Waals surface area contributed by atoms with Crippen molar-refractivity contribution < 1.29 is 57.5 Å². The SMILES string of the molecule is O.O.[CH2-]CC(C[CH2-])c1ccsc1.[Cl-].[Cl-].[Ti+4]. The van der Waals surface area contributed by atoms with E-state index in [0.29, 0.717) is 5.92 Å². The van der Waals surface area contributed by atoms with Crippen LogP contribution in [0.5, 0.6) is 0 Å². The van der Waals surface area contributed by atoms with Gasteiger partial charge < -0.3 is 49.6 Å². The van der Waals surface area contributed by atoms with E-state index in [4.69, 9.17) is 0 Å². The monoisotopic (exact) mass is 306 g/mol. The molecule has 0 fully saturated rings. The zero-order valence-electron chi connectivity index (χ0n) is 8.30. The molecule has 0 aliphatic carbocycles. The van der Waals surface area contributed by atoms with Crippen molar-refractivity contribution in [3.8, 4) is 0 Å². The van der Waals surface area contributed by atoms with Gasteiger partial charge in [0.1, 0.15) is 0 Å². The molecule has 4 N–H and O–H groups in total. The van der Waals surface area contributed by atoms with Gasteiger partial charge in [0.05, 0.1) is 0 Å². The molecule has 0 aromatic carbocycles. The van der Waals surface area contributed by atoms with Crippen LogP contribution in [0.2, 0.25) is 0 Å². The summed E-state index contributed by atoms with van der Waals surface area (Å²) in [7, 11) is 0. The first-order chi connectivity index (χ1) is 4.88. The van der Waals surface area contributed by atoms with Crippen molar-refractivity contribution in [2.24, 2.45) is 0 Å². The molecule has 0 saturated carbocycles. The Balaban J connectivity index is -0.0000000667. The molecule has 0 bridgehead atoms. The van der Waals surface area contributed by atoms with E-state index >= 15 is 0 Å². The van der Waals surface area contributed by atoms with Crippen LogP contribution in [0.1, 0.15) is 24.3 Å². The molecule has 15 heavy (non-hydrogen) atoms. The molecular weight excluding hydrogens is 291 g/mol. The second-order valence-corrected chi connectivity index (χ2v) is 3.11. The predicted octanol–water partition coefficient (Wildman–Crippen LogP) is -4.36. The smallest absolute Gasteiger partial charge is 1.00 e. The quantitative estimate of drug-likeness (QED) is 0.400. The minimum Gasteiger partial charge on any atom is -1.00 e. The first kappa shape index (κ1) is 29.7. The summed E-state index contributed by atoms with van der Waals surface area (Å²) < 4.78 is 0. The molecule has 88 valence electrons. The van der Waals surface area contributed by atoms with Gasteiger partial charge in [0, 0.05) is 0 Å². The number of rotatable bonds is 3. The predicted molar refractivity (Wildman–Crippen MR) is 54.2 cm³/mol. The Morgan fingerprint density at radius 1 is 1.13 bits per heavy atom. The van der Waals surface area contributed by atoms with E-state index in [2.05, 4.69) is 30.7 Å². The maximum atomic E-state index is 3.88. The molecule has 0 saturated heterocycles. The second kappa shape index (κ2) is 17.3. The van der Waals surface area contributed by atoms with Crippen LogP contribution in [0.15, 0.2) is 16.8 Å². The summed E-state index contributed by atoms with van der Waals surface area (Å²) in [5.41, 5.74) is 1.40. The summed E-state index contributed by atoms with van der Waals surface area (Å²) in [6.45, 7) is 7.75. The third kappa shape index (κ3) is 9.82. The average molecular weight is 307 g/mol. The van der Waals surface area contributed by atoms with E-state index in [0.717, 1.165) is 12.8 Å². The van der Waals surface area contributed by atoms with Crippen LogP contribution in [0, 0.1) is 13.8 Å². The van der Waals surface area contributed by atoms with E-state index in [1.807, 2.05) is 0 Å². The third-order valence-electron chi connectivity index (χ3n) is 1.71. The van der Waals surface area contributed by atoms with Crippen molar-refractivity contribution in [2.45, 2.75) is 18.8 Å². The van der Waals surface area contributed by atoms with Gasteiger partial charge in [0.25, 0.3) is 0 Å². The fourth-order valence-electron chi connectivity index (χ4n) is 0.985. The molecule has 6 heteroatoms. The fraction of sp³-hybridized carbons (Fsp3) is 0.333. The molecule has 0 atom stereocenters. The van der Waals surface area contributed by atoms with Gasteiger partial charge >= 0.3 is 21.7 Å². The van der Waals surface area contributed by atoms with Gasteiger partial charge in [-0.15, -0.1) is 0 Å². The van der Waals surface area contributed by atoms with Crippen LogP contribution in [0.25, 0.3) is 0 Å². The van der Waals surface area contributed by atoms with E-state index in [1.54, 1.807) is 11.3 Å². The first-order valence-electron chi connectivity index (χ1n) is 3.49. The molecule has 2 nitrogen and oxygen atoms in total. The Kier molecular flexibility index (Phi) is 34.3. The van der Waals surface area contributed by atoms with Crippen molar-refractivity contribution in [3.05, 3.63) is 36.2 Å². The number of thiophene rings is 1. The van der Waals surface area contributed by atoms with Gasteiger partial charge in [0.2, 0.25) is 0 Å². The largest absolute Gasteiger partial charge is 4.00 e. The molecule has 1 heterocycles. The van der Waals surface area contributed by atoms with Gasteiger partial charge in [-0.05, 0) is 22.4 Å². The number of hydrogen-bond donors (Lipinski definition) is 0. The fourth-order valence-corrected chi connectivity index (χ4v) is 1.73. The van der Waals surface area contributed by atoms with E-state index in [9.17, 15) is 0 Å². The summed E-state index contributed by atoms with van der Waals surface area (Å²) >= 11 is 1.74. The maximum absolute atomic E-state index is 3.88. The molecule has 1 aromatic heterocycles. The van der Waals surface area contributed by atoms with Crippen LogP contribution in [-0.2, 0) is 21.7 Å². The molecule has 0 spiro atoms. The van der Waals surface area contributed by atoms with Crippen LogP contribution in [-0.4, -0.2) is 11.0 Å². The third-order valence-corrected chi connectivity index (χ3v) is 2.41. The maximum Gasteiger partial charge on any atom is 4.00 e. The summed E-state index contributed by atoms with van der Waals surface area (Å²) in [5, 5.41) is 4.29. The summed E-state index contributed by atoms with van der Waals surface area (Å²) in [4.78, 5) is 0. The van der Waals surface area contributed by atoms with E-state index in [1.165, 1.54) is 5.56 Å². The Morgan fingerprint density at radius 2 is 1.60 bits per heavy atom. The zero-order valence-corrected chi connectivity index (χ0v) is 12.2. The molecule has 0 unspecified atom stereocenters. The Labute approximate surface area is 123 Å². The molecule has 1 aromatic rings. The average Bonchev–Trinajstić information content (AvgIpc) is 2.43. The van der Waals surface area contributed by atoms with Crippen LogP contribution < -0.4 is 24.8 Å². The molecular formula is C9H16Cl2O2STi. The zero-order chi connectivity index (χ0) is 7.40. The van der Waals surface area contributed by atoms with E-state index < -0.39 is 0 Å². The van der Waals surface area contributed by atoms with Gasteiger partial charge in [-0.1, -0.05) is 5.92 Å². The Morgan fingerprint density at radius 3 is 1.87 bits per heavy atom. The van der Waals surface area contributed by atoms with Crippen molar-refractivity contribution >= 4 is 11.3 Å². The normalized spacial score (nSPS) is 7.13. The molecule has 0 radical (unpaired) electrons. The number of halogens is 2. The summed E-state index contributed by atoms with van der Waals surface area (Å²) in [6, 6.07) is 2.16. The topological polar surface area (TPSA) is 63.0 Å². The standard InChI is InChI=1S/C9H12S.2ClH.2H2O.Ti/c1-3-8(4-2)9-5-6-10-7-9;;;;;/h5-8H,1-4H2;2*1H;2*1H2;/q-2;;;;;+4/p-2. The van der Waals surface area contributed by atoms with Gasteiger partial charge in [-0.2, -0.15) is 24.2 Å². The molecule has 1 rings (SSSR count). The molecule has 0 amide bonds. The Bertz CT molecular complexity index is 182. The Hall–Kier alpha value is 0.914. The summed E-state index contributed by atoms with van der Waals surface area (Å²) in [6.07, 6.45) is 1.92. The number of hydrogen-bond acceptors (Lipinski definition) is 1. The van der Waals surface area contributed by atoms with Gasteiger partial charge in [0.15, 0.2) is 0 Å². The minimum absolute atomic E-state index is 0. The summed E-state index contributed by atoms with van der Waals surface area (Å²) in [5.74, 6) is 0.575. The minimum atomic E-state index is 0. The van der Waals surface area contributed by atoms with Gasteiger partial charge in [-0.25, -0.2) is 0 Å². The second-order valence-electron chi connectivity index (χ2n) is 2.33. The van der Waals surface area contributed by atoms with Gasteiger partial charge in [-0.3, -0.25) is 0 Å². The van der Waals surface area contributed by atoms with Crippen molar-refractivity contribution in [1.82, 2.24) is 0 Å².